The van der Waals surface area contributed by atoms with Crippen LogP contribution in [0.4, 0.5) is 0 Å². The van der Waals surface area contributed by atoms with Crippen LogP contribution in [0, 0.1) is 5.41 Å². The van der Waals surface area contributed by atoms with Gasteiger partial charge in [0.2, 0.25) is 0 Å². The fourth-order valence-electron chi connectivity index (χ4n) is 1.56. The van der Waals surface area contributed by atoms with Crippen LogP contribution in [-0.2, 0) is 0 Å². The average molecular weight is 237 g/mol. The number of ether oxygens (including phenoxy) is 1. The highest BCUT2D eigenvalue weighted by atomic mass is 16.5. The molecule has 0 aromatic heterocycles. The Balaban J connectivity index is 2.66. The van der Waals surface area contributed by atoms with E-state index in [4.69, 9.17) is 10.5 Å². The second-order valence-corrected chi connectivity index (χ2v) is 5.50. The van der Waals surface area contributed by atoms with Gasteiger partial charge in [-0.15, -0.1) is 0 Å². The predicted molar refractivity (Wildman–Crippen MR) is 70.0 cm³/mol. The Morgan fingerprint density at radius 3 is 2.18 bits per heavy atom. The average Bonchev–Trinajstić information content (AvgIpc) is 2.27. The minimum atomic E-state index is -0.518. The second kappa shape index (κ2) is 5.52. The maximum absolute atomic E-state index is 10.1. The number of nitrogens with two attached hydrogens (primary N) is 1. The molecule has 17 heavy (non-hydrogen) atoms. The van der Waals surface area contributed by atoms with Crippen molar-refractivity contribution >= 4 is 0 Å². The van der Waals surface area contributed by atoms with Crippen molar-refractivity contribution in [2.75, 3.05) is 7.11 Å². The lowest BCUT2D eigenvalue weighted by Gasteiger charge is -2.29. The Morgan fingerprint density at radius 1 is 1.24 bits per heavy atom. The van der Waals surface area contributed by atoms with Crippen molar-refractivity contribution in [2.24, 2.45) is 11.1 Å². The van der Waals surface area contributed by atoms with Crippen LogP contribution in [0.15, 0.2) is 24.3 Å². The summed E-state index contributed by atoms with van der Waals surface area (Å²) in [5.41, 5.74) is 6.95. The van der Waals surface area contributed by atoms with Crippen LogP contribution in [0.1, 0.15) is 38.9 Å². The van der Waals surface area contributed by atoms with Crippen molar-refractivity contribution in [3.8, 4) is 5.75 Å². The van der Waals surface area contributed by atoms with E-state index >= 15 is 0 Å². The topological polar surface area (TPSA) is 55.5 Å². The molecule has 0 radical (unpaired) electrons. The van der Waals surface area contributed by atoms with Gasteiger partial charge in [-0.05, 0) is 29.5 Å². The molecule has 96 valence electrons. The summed E-state index contributed by atoms with van der Waals surface area (Å²) >= 11 is 0. The van der Waals surface area contributed by atoms with Gasteiger partial charge in [-0.3, -0.25) is 0 Å². The van der Waals surface area contributed by atoms with E-state index in [2.05, 4.69) is 20.8 Å². The minimum absolute atomic E-state index is 0.00739. The van der Waals surface area contributed by atoms with Crippen molar-refractivity contribution < 1.29 is 9.84 Å². The van der Waals surface area contributed by atoms with Crippen LogP contribution in [-0.4, -0.2) is 18.3 Å². The summed E-state index contributed by atoms with van der Waals surface area (Å²) in [7, 11) is 1.63. The van der Waals surface area contributed by atoms with Crippen molar-refractivity contribution in [2.45, 2.75) is 39.3 Å². The van der Waals surface area contributed by atoms with Gasteiger partial charge in [-0.1, -0.05) is 32.9 Å². The minimum Gasteiger partial charge on any atom is -0.497 e. The Hall–Kier alpha value is -1.06. The molecule has 2 atom stereocenters. The van der Waals surface area contributed by atoms with E-state index in [1.165, 1.54) is 0 Å². The zero-order valence-corrected chi connectivity index (χ0v) is 11.1. The van der Waals surface area contributed by atoms with Gasteiger partial charge in [0.15, 0.2) is 0 Å². The normalized spacial score (nSPS) is 15.4. The summed E-state index contributed by atoms with van der Waals surface area (Å²) in [5, 5.41) is 10.1. The molecule has 0 unspecified atom stereocenters. The van der Waals surface area contributed by atoms with E-state index in [0.29, 0.717) is 6.42 Å². The van der Waals surface area contributed by atoms with Gasteiger partial charge in [0.05, 0.1) is 13.2 Å². The molecule has 0 heterocycles. The highest BCUT2D eigenvalue weighted by Gasteiger charge is 2.23. The predicted octanol–water partition coefficient (Wildman–Crippen LogP) is 2.49. The number of methoxy groups -OCH3 is 1. The van der Waals surface area contributed by atoms with Crippen LogP contribution in [0.25, 0.3) is 0 Å². The van der Waals surface area contributed by atoms with Crippen molar-refractivity contribution in [3.05, 3.63) is 29.8 Å². The number of aliphatic hydroxyl groups excluding tert-OH is 1. The molecule has 0 saturated carbocycles. The quantitative estimate of drug-likeness (QED) is 0.846. The van der Waals surface area contributed by atoms with E-state index in [9.17, 15) is 5.11 Å². The number of benzene rings is 1. The Kier molecular flexibility index (Phi) is 4.54. The first-order chi connectivity index (χ1) is 7.84. The van der Waals surface area contributed by atoms with Crippen molar-refractivity contribution in [3.63, 3.8) is 0 Å². The molecule has 0 fully saturated rings. The molecule has 0 aliphatic rings. The maximum Gasteiger partial charge on any atom is 0.118 e. The molecule has 3 heteroatoms. The van der Waals surface area contributed by atoms with Crippen LogP contribution >= 0.6 is 0 Å². The summed E-state index contributed by atoms with van der Waals surface area (Å²) in [6.45, 7) is 6.25. The standard InChI is InChI=1S/C14H23NO2/c1-14(2,3)13(15)9-12(16)10-5-7-11(17-4)8-6-10/h5-8,12-13,16H,9,15H2,1-4H3/t12-,13-/m0/s1. The van der Waals surface area contributed by atoms with E-state index in [1.54, 1.807) is 7.11 Å². The fraction of sp³-hybridized carbons (Fsp3) is 0.571. The van der Waals surface area contributed by atoms with Crippen molar-refractivity contribution in [1.82, 2.24) is 0 Å². The van der Waals surface area contributed by atoms with Crippen LogP contribution < -0.4 is 10.5 Å². The lowest BCUT2D eigenvalue weighted by Crippen LogP contribution is -2.36. The van der Waals surface area contributed by atoms with Gasteiger partial charge in [0.25, 0.3) is 0 Å². The zero-order chi connectivity index (χ0) is 13.1. The molecule has 3 nitrogen and oxygen atoms in total. The molecule has 3 N–H and O–H groups in total. The van der Waals surface area contributed by atoms with Crippen molar-refractivity contribution in [1.29, 1.82) is 0 Å². The summed E-state index contributed by atoms with van der Waals surface area (Å²) < 4.78 is 5.08. The lowest BCUT2D eigenvalue weighted by molar-refractivity contribution is 0.133. The second-order valence-electron chi connectivity index (χ2n) is 5.50. The molecule has 0 saturated heterocycles. The summed E-state index contributed by atoms with van der Waals surface area (Å²) in [5.74, 6) is 0.793. The monoisotopic (exact) mass is 237 g/mol. The van der Waals surface area contributed by atoms with Gasteiger partial charge in [-0.2, -0.15) is 0 Å². The Bertz CT molecular complexity index is 340. The molecule has 1 aromatic rings. The number of aliphatic hydroxyl groups is 1. The van der Waals surface area contributed by atoms with Gasteiger partial charge in [-0.25, -0.2) is 0 Å². The van der Waals surface area contributed by atoms with Crippen LogP contribution in [0.2, 0.25) is 0 Å². The summed E-state index contributed by atoms with van der Waals surface area (Å²) in [6.07, 6.45) is 0.0469. The largest absolute Gasteiger partial charge is 0.497 e. The number of hydrogen-bond donors (Lipinski definition) is 2. The third kappa shape index (κ3) is 4.02. The van der Waals surface area contributed by atoms with Gasteiger partial charge < -0.3 is 15.6 Å². The highest BCUT2D eigenvalue weighted by Crippen LogP contribution is 2.27. The zero-order valence-electron chi connectivity index (χ0n) is 11.1. The maximum atomic E-state index is 10.1. The summed E-state index contributed by atoms with van der Waals surface area (Å²) in [4.78, 5) is 0. The summed E-state index contributed by atoms with van der Waals surface area (Å²) in [6, 6.07) is 7.42. The highest BCUT2D eigenvalue weighted by molar-refractivity contribution is 5.28. The number of rotatable bonds is 4. The van der Waals surface area contributed by atoms with E-state index in [0.717, 1.165) is 11.3 Å². The smallest absolute Gasteiger partial charge is 0.118 e. The molecule has 1 rings (SSSR count). The van der Waals surface area contributed by atoms with Crippen LogP contribution in [0.5, 0.6) is 5.75 Å². The molecule has 0 spiro atoms. The third-order valence-corrected chi connectivity index (χ3v) is 3.09. The first kappa shape index (κ1) is 14.0. The Labute approximate surface area is 104 Å². The van der Waals surface area contributed by atoms with Crippen LogP contribution in [0.3, 0.4) is 0 Å². The Morgan fingerprint density at radius 2 is 1.76 bits per heavy atom. The lowest BCUT2D eigenvalue weighted by atomic mass is 9.83. The molecule has 0 aliphatic carbocycles. The SMILES string of the molecule is COc1ccc([C@@H](O)C[C@H](N)C(C)(C)C)cc1. The molecule has 0 bridgehead atoms. The molecule has 0 amide bonds. The molecular formula is C14H23NO2. The molecule has 0 aliphatic heterocycles. The van der Waals surface area contributed by atoms with E-state index in [1.807, 2.05) is 24.3 Å². The molecule has 1 aromatic carbocycles. The number of hydrogen-bond acceptors (Lipinski definition) is 3. The fourth-order valence-corrected chi connectivity index (χ4v) is 1.56. The van der Waals surface area contributed by atoms with Gasteiger partial charge in [0, 0.05) is 6.04 Å². The van der Waals surface area contributed by atoms with E-state index < -0.39 is 6.10 Å². The molecular weight excluding hydrogens is 214 g/mol. The van der Waals surface area contributed by atoms with Gasteiger partial charge in [0.1, 0.15) is 5.75 Å². The van der Waals surface area contributed by atoms with Gasteiger partial charge >= 0.3 is 0 Å². The first-order valence-corrected chi connectivity index (χ1v) is 5.92. The third-order valence-electron chi connectivity index (χ3n) is 3.09. The first-order valence-electron chi connectivity index (χ1n) is 5.92. The van der Waals surface area contributed by atoms with E-state index in [-0.39, 0.29) is 11.5 Å².